The largest absolute Gasteiger partial charge is 0.451 e. The zero-order chi connectivity index (χ0) is 24.5. The number of morpholine rings is 1. The highest BCUT2D eigenvalue weighted by molar-refractivity contribution is 6.03. The summed E-state index contributed by atoms with van der Waals surface area (Å²) in [5.74, 6) is -1.35. The second-order valence-electron chi connectivity index (χ2n) is 7.52. The Kier molecular flexibility index (Phi) is 6.30. The van der Waals surface area contributed by atoms with Crippen molar-refractivity contribution in [1.82, 2.24) is 0 Å². The summed E-state index contributed by atoms with van der Waals surface area (Å²) in [5, 5.41) is 2.19. The molecular formula is C23H18F6N2O3. The van der Waals surface area contributed by atoms with Gasteiger partial charge in [0.1, 0.15) is 5.76 Å². The van der Waals surface area contributed by atoms with Crippen LogP contribution in [0.2, 0.25) is 0 Å². The summed E-state index contributed by atoms with van der Waals surface area (Å²) < 4.78 is 90.5. The number of furan rings is 1. The average molecular weight is 484 g/mol. The van der Waals surface area contributed by atoms with Crippen molar-refractivity contribution in [3.63, 3.8) is 0 Å². The maximum absolute atomic E-state index is 13.7. The Morgan fingerprint density at radius 1 is 0.882 bits per heavy atom. The van der Waals surface area contributed by atoms with E-state index in [4.69, 9.17) is 9.15 Å². The molecular weight excluding hydrogens is 466 g/mol. The number of ether oxygens (including phenoxy) is 1. The van der Waals surface area contributed by atoms with E-state index in [1.54, 1.807) is 4.90 Å². The van der Waals surface area contributed by atoms with Crippen LogP contribution < -0.4 is 10.2 Å². The van der Waals surface area contributed by atoms with Gasteiger partial charge in [0, 0.05) is 24.3 Å². The lowest BCUT2D eigenvalue weighted by atomic mass is 10.1. The Labute approximate surface area is 189 Å². The van der Waals surface area contributed by atoms with E-state index in [0.717, 1.165) is 24.3 Å². The molecule has 0 aliphatic carbocycles. The van der Waals surface area contributed by atoms with Gasteiger partial charge in [0.05, 0.1) is 30.0 Å². The Hall–Kier alpha value is -3.47. The average Bonchev–Trinajstić information content (AvgIpc) is 3.29. The standard InChI is InChI=1S/C23H18F6N2O3/c24-22(25,26)15-3-1-2-14(12-15)19-6-7-20(34-19)21(32)30-18-5-4-16(13-17(18)23(27,28)29)31-8-10-33-11-9-31/h1-7,12-13H,8-11H2,(H,30,32). The fourth-order valence-electron chi connectivity index (χ4n) is 3.54. The van der Waals surface area contributed by atoms with E-state index in [0.29, 0.717) is 32.0 Å². The summed E-state index contributed by atoms with van der Waals surface area (Å²) in [7, 11) is 0. The van der Waals surface area contributed by atoms with Crippen LogP contribution in [-0.4, -0.2) is 32.2 Å². The number of benzene rings is 2. The number of nitrogens with zero attached hydrogens (tertiary/aromatic N) is 1. The fraction of sp³-hybridized carbons (Fsp3) is 0.261. The third-order valence-corrected chi connectivity index (χ3v) is 5.24. The highest BCUT2D eigenvalue weighted by atomic mass is 19.4. The number of hydrogen-bond acceptors (Lipinski definition) is 4. The van der Waals surface area contributed by atoms with Gasteiger partial charge in [-0.2, -0.15) is 26.3 Å². The van der Waals surface area contributed by atoms with E-state index < -0.39 is 35.1 Å². The normalized spacial score (nSPS) is 14.8. The van der Waals surface area contributed by atoms with Gasteiger partial charge in [0.2, 0.25) is 0 Å². The first-order chi connectivity index (χ1) is 16.0. The maximum Gasteiger partial charge on any atom is 0.418 e. The number of carbonyl (C=O) groups is 1. The van der Waals surface area contributed by atoms with Crippen LogP contribution in [0.15, 0.2) is 59.0 Å². The van der Waals surface area contributed by atoms with Gasteiger partial charge in [-0.3, -0.25) is 4.79 Å². The molecule has 0 saturated carbocycles. The molecule has 34 heavy (non-hydrogen) atoms. The molecule has 0 spiro atoms. The molecule has 4 rings (SSSR count). The molecule has 11 heteroatoms. The molecule has 1 aliphatic rings. The maximum atomic E-state index is 13.7. The van der Waals surface area contributed by atoms with Gasteiger partial charge >= 0.3 is 12.4 Å². The van der Waals surface area contributed by atoms with Crippen molar-refractivity contribution in [2.75, 3.05) is 36.5 Å². The summed E-state index contributed by atoms with van der Waals surface area (Å²) in [4.78, 5) is 14.3. The van der Waals surface area contributed by atoms with Crippen molar-refractivity contribution < 1.29 is 40.3 Å². The lowest BCUT2D eigenvalue weighted by molar-refractivity contribution is -0.138. The quantitative estimate of drug-likeness (QED) is 0.457. The van der Waals surface area contributed by atoms with Crippen molar-refractivity contribution in [2.24, 2.45) is 0 Å². The molecule has 1 amide bonds. The van der Waals surface area contributed by atoms with Gasteiger partial charge in [-0.15, -0.1) is 0 Å². The van der Waals surface area contributed by atoms with Crippen molar-refractivity contribution >= 4 is 17.3 Å². The van der Waals surface area contributed by atoms with Crippen LogP contribution in [0.5, 0.6) is 0 Å². The molecule has 0 bridgehead atoms. The third-order valence-electron chi connectivity index (χ3n) is 5.24. The Bertz CT molecular complexity index is 1180. The van der Waals surface area contributed by atoms with E-state index in [2.05, 4.69) is 5.32 Å². The van der Waals surface area contributed by atoms with Crippen molar-refractivity contribution in [3.05, 3.63) is 71.5 Å². The van der Waals surface area contributed by atoms with Gasteiger partial charge in [-0.05, 0) is 42.5 Å². The van der Waals surface area contributed by atoms with E-state index in [1.165, 1.54) is 30.3 Å². The second kappa shape index (κ2) is 9.05. The lowest BCUT2D eigenvalue weighted by Gasteiger charge is -2.29. The zero-order valence-corrected chi connectivity index (χ0v) is 17.5. The second-order valence-corrected chi connectivity index (χ2v) is 7.52. The SMILES string of the molecule is O=C(Nc1ccc(N2CCOCC2)cc1C(F)(F)F)c1ccc(-c2cccc(C(F)(F)F)c2)o1. The van der Waals surface area contributed by atoms with E-state index in [-0.39, 0.29) is 17.1 Å². The molecule has 1 aliphatic heterocycles. The molecule has 180 valence electrons. The Balaban J connectivity index is 1.57. The summed E-state index contributed by atoms with van der Waals surface area (Å²) in [5.41, 5.74) is -1.98. The first kappa shape index (κ1) is 23.7. The zero-order valence-electron chi connectivity index (χ0n) is 17.5. The van der Waals surface area contributed by atoms with Gasteiger partial charge in [0.25, 0.3) is 5.91 Å². The Morgan fingerprint density at radius 2 is 1.62 bits per heavy atom. The molecule has 5 nitrogen and oxygen atoms in total. The molecule has 2 heterocycles. The number of nitrogens with one attached hydrogen (secondary N) is 1. The number of rotatable bonds is 4. The Morgan fingerprint density at radius 3 is 2.29 bits per heavy atom. The van der Waals surface area contributed by atoms with Crippen molar-refractivity contribution in [1.29, 1.82) is 0 Å². The van der Waals surface area contributed by atoms with Gasteiger partial charge in [0.15, 0.2) is 5.76 Å². The highest BCUT2D eigenvalue weighted by Crippen LogP contribution is 2.38. The molecule has 0 atom stereocenters. The molecule has 1 aromatic heterocycles. The van der Waals surface area contributed by atoms with Crippen LogP contribution in [0, 0.1) is 0 Å². The molecule has 1 saturated heterocycles. The summed E-state index contributed by atoms with van der Waals surface area (Å²) in [6.45, 7) is 1.67. The molecule has 1 N–H and O–H groups in total. The first-order valence-corrected chi connectivity index (χ1v) is 10.1. The third kappa shape index (κ3) is 5.19. The number of hydrogen-bond donors (Lipinski definition) is 1. The predicted molar refractivity (Wildman–Crippen MR) is 112 cm³/mol. The van der Waals surface area contributed by atoms with Crippen molar-refractivity contribution in [2.45, 2.75) is 12.4 Å². The number of halogens is 6. The van der Waals surface area contributed by atoms with Crippen LogP contribution in [0.1, 0.15) is 21.7 Å². The minimum atomic E-state index is -4.74. The molecule has 0 unspecified atom stereocenters. The van der Waals surface area contributed by atoms with Crippen molar-refractivity contribution in [3.8, 4) is 11.3 Å². The van der Waals surface area contributed by atoms with Gasteiger partial charge < -0.3 is 19.4 Å². The van der Waals surface area contributed by atoms with Gasteiger partial charge in [-0.1, -0.05) is 12.1 Å². The van der Waals surface area contributed by atoms with Gasteiger partial charge in [-0.25, -0.2) is 0 Å². The molecule has 2 aromatic carbocycles. The van der Waals surface area contributed by atoms with Crippen LogP contribution in [0.4, 0.5) is 37.7 Å². The predicted octanol–water partition coefficient (Wildman–Crippen LogP) is 6.07. The van der Waals surface area contributed by atoms with Crippen LogP contribution >= 0.6 is 0 Å². The van der Waals surface area contributed by atoms with E-state index >= 15 is 0 Å². The summed E-state index contributed by atoms with van der Waals surface area (Å²) >= 11 is 0. The molecule has 1 fully saturated rings. The fourth-order valence-corrected chi connectivity index (χ4v) is 3.54. The minimum Gasteiger partial charge on any atom is -0.451 e. The summed E-state index contributed by atoms with van der Waals surface area (Å²) in [6, 6.07) is 10.3. The number of carbonyl (C=O) groups excluding carboxylic acids is 1. The monoisotopic (exact) mass is 484 g/mol. The number of anilines is 2. The van der Waals surface area contributed by atoms with Crippen LogP contribution in [0.3, 0.4) is 0 Å². The first-order valence-electron chi connectivity index (χ1n) is 10.1. The topological polar surface area (TPSA) is 54.7 Å². The smallest absolute Gasteiger partial charge is 0.418 e. The van der Waals surface area contributed by atoms with E-state index in [9.17, 15) is 31.1 Å². The number of amides is 1. The summed E-state index contributed by atoms with van der Waals surface area (Å²) in [6.07, 6.45) is -9.30. The lowest BCUT2D eigenvalue weighted by Crippen LogP contribution is -2.36. The molecule has 3 aromatic rings. The van der Waals surface area contributed by atoms with Crippen LogP contribution in [0.25, 0.3) is 11.3 Å². The van der Waals surface area contributed by atoms with E-state index in [1.807, 2.05) is 0 Å². The molecule has 0 radical (unpaired) electrons. The van der Waals surface area contributed by atoms with Crippen LogP contribution in [-0.2, 0) is 17.1 Å². The highest BCUT2D eigenvalue weighted by Gasteiger charge is 2.35. The number of alkyl halides is 6. The minimum absolute atomic E-state index is 0.0324.